The first-order valence-electron chi connectivity index (χ1n) is 13.0. The zero-order chi connectivity index (χ0) is 24.8. The molecule has 2 amide bonds. The van der Waals surface area contributed by atoms with E-state index in [1.807, 2.05) is 9.80 Å². The molecule has 9 heteroatoms. The van der Waals surface area contributed by atoms with Gasteiger partial charge in [-0.05, 0) is 37.9 Å². The second-order valence-corrected chi connectivity index (χ2v) is 10.1. The molecule has 0 unspecified atom stereocenters. The van der Waals surface area contributed by atoms with Crippen molar-refractivity contribution >= 4 is 11.8 Å². The number of amides is 2. The number of likely N-dealkylation sites (tertiary alicyclic amines) is 1. The maximum atomic E-state index is 13.4. The van der Waals surface area contributed by atoms with Crippen molar-refractivity contribution in [2.45, 2.75) is 25.9 Å². The maximum absolute atomic E-state index is 13.4. The van der Waals surface area contributed by atoms with Crippen LogP contribution in [0.1, 0.15) is 19.8 Å². The smallest absolute Gasteiger partial charge is 0.236 e. The number of halogens is 1. The zero-order valence-corrected chi connectivity index (χ0v) is 21.2. The molecular formula is C26H40FN5O3. The Bertz CT molecular complexity index is 838. The van der Waals surface area contributed by atoms with Crippen LogP contribution < -0.4 is 4.74 Å². The van der Waals surface area contributed by atoms with Gasteiger partial charge < -0.3 is 24.3 Å². The number of benzene rings is 1. The largest absolute Gasteiger partial charge is 0.490 e. The molecule has 3 fully saturated rings. The summed E-state index contributed by atoms with van der Waals surface area (Å²) in [4.78, 5) is 37.0. The molecule has 0 aliphatic carbocycles. The van der Waals surface area contributed by atoms with Crippen LogP contribution in [0.15, 0.2) is 24.3 Å². The topological polar surface area (TPSA) is 59.6 Å². The van der Waals surface area contributed by atoms with Crippen molar-refractivity contribution in [2.24, 2.45) is 5.92 Å². The van der Waals surface area contributed by atoms with E-state index in [0.29, 0.717) is 38.2 Å². The van der Waals surface area contributed by atoms with Gasteiger partial charge in [0.05, 0.1) is 6.54 Å². The van der Waals surface area contributed by atoms with E-state index >= 15 is 0 Å². The van der Waals surface area contributed by atoms with Crippen molar-refractivity contribution < 1.29 is 18.7 Å². The molecule has 0 saturated carbocycles. The molecule has 4 rings (SSSR count). The number of rotatable bonds is 7. The minimum absolute atomic E-state index is 0.0955. The highest BCUT2D eigenvalue weighted by Crippen LogP contribution is 2.27. The summed E-state index contributed by atoms with van der Waals surface area (Å²) in [6, 6.07) is 6.03. The number of carbonyl (C=O) groups excluding carboxylic acids is 2. The lowest BCUT2D eigenvalue weighted by atomic mass is 9.90. The number of ether oxygens (including phenoxy) is 1. The van der Waals surface area contributed by atoms with Gasteiger partial charge in [0.15, 0.2) is 0 Å². The van der Waals surface area contributed by atoms with E-state index in [0.717, 1.165) is 58.9 Å². The van der Waals surface area contributed by atoms with Gasteiger partial charge in [-0.2, -0.15) is 0 Å². The molecule has 3 heterocycles. The van der Waals surface area contributed by atoms with E-state index < -0.39 is 0 Å². The fourth-order valence-electron chi connectivity index (χ4n) is 5.24. The van der Waals surface area contributed by atoms with Crippen molar-refractivity contribution in [3.05, 3.63) is 30.1 Å². The number of likely N-dealkylation sites (N-methyl/N-ethyl adjacent to an activating group) is 2. The molecule has 3 aliphatic heterocycles. The Morgan fingerprint density at radius 3 is 2.20 bits per heavy atom. The van der Waals surface area contributed by atoms with Crippen LogP contribution in [0.25, 0.3) is 0 Å². The standard InChI is InChI=1S/C26H40FN5O3/c1-3-29-12-14-30(15-13-29)20-26(34)32-9-8-24(35-23-6-4-22(27)5-7-23)21(19-32)18-25(33)31-16-10-28(2)11-17-31/h4-7,21,24H,3,8-20H2,1-2H3/t21-,24-/m0/s1. The van der Waals surface area contributed by atoms with Gasteiger partial charge in [0.2, 0.25) is 11.8 Å². The lowest BCUT2D eigenvalue weighted by Gasteiger charge is -2.41. The highest BCUT2D eigenvalue weighted by atomic mass is 19.1. The van der Waals surface area contributed by atoms with Crippen LogP contribution in [0.2, 0.25) is 0 Å². The summed E-state index contributed by atoms with van der Waals surface area (Å²) in [7, 11) is 2.07. The Kier molecular flexibility index (Phi) is 8.97. The van der Waals surface area contributed by atoms with Crippen molar-refractivity contribution in [1.82, 2.24) is 24.5 Å². The summed E-state index contributed by atoms with van der Waals surface area (Å²) in [5, 5.41) is 0. The van der Waals surface area contributed by atoms with Gasteiger partial charge in [-0.3, -0.25) is 14.5 Å². The summed E-state index contributed by atoms with van der Waals surface area (Å²) < 4.78 is 19.6. The summed E-state index contributed by atoms with van der Waals surface area (Å²) in [6.07, 6.45) is 0.830. The fourth-order valence-corrected chi connectivity index (χ4v) is 5.24. The molecule has 0 radical (unpaired) electrons. The van der Waals surface area contributed by atoms with E-state index in [9.17, 15) is 14.0 Å². The lowest BCUT2D eigenvalue weighted by molar-refractivity contribution is -0.140. The molecule has 194 valence electrons. The van der Waals surface area contributed by atoms with Crippen LogP contribution in [-0.2, 0) is 9.59 Å². The molecular weight excluding hydrogens is 449 g/mol. The predicted octanol–water partition coefficient (Wildman–Crippen LogP) is 1.22. The molecule has 0 bridgehead atoms. The first-order chi connectivity index (χ1) is 16.9. The fraction of sp³-hybridized carbons (Fsp3) is 0.692. The van der Waals surface area contributed by atoms with Gasteiger partial charge in [0, 0.05) is 84.2 Å². The number of piperazine rings is 2. The number of piperidine rings is 1. The lowest BCUT2D eigenvalue weighted by Crippen LogP contribution is -2.54. The highest BCUT2D eigenvalue weighted by Gasteiger charge is 2.36. The molecule has 3 aliphatic rings. The number of hydrogen-bond donors (Lipinski definition) is 0. The first-order valence-corrected chi connectivity index (χ1v) is 13.0. The molecule has 8 nitrogen and oxygen atoms in total. The zero-order valence-electron chi connectivity index (χ0n) is 21.2. The van der Waals surface area contributed by atoms with Crippen molar-refractivity contribution in [2.75, 3.05) is 85.6 Å². The van der Waals surface area contributed by atoms with Crippen LogP contribution in [0.4, 0.5) is 4.39 Å². The predicted molar refractivity (Wildman–Crippen MR) is 133 cm³/mol. The van der Waals surface area contributed by atoms with Crippen LogP contribution in [0.3, 0.4) is 0 Å². The Hall–Kier alpha value is -2.23. The van der Waals surface area contributed by atoms with Crippen molar-refractivity contribution in [3.63, 3.8) is 0 Å². The molecule has 0 aromatic heterocycles. The Labute approximate surface area is 208 Å². The van der Waals surface area contributed by atoms with E-state index in [-0.39, 0.29) is 29.7 Å². The number of carbonyl (C=O) groups is 2. The third-order valence-corrected chi connectivity index (χ3v) is 7.68. The quantitative estimate of drug-likeness (QED) is 0.574. The first kappa shape index (κ1) is 25.9. The van der Waals surface area contributed by atoms with Gasteiger partial charge in [0.25, 0.3) is 0 Å². The number of nitrogens with zero attached hydrogens (tertiary/aromatic N) is 5. The molecule has 0 N–H and O–H groups in total. The van der Waals surface area contributed by atoms with Crippen molar-refractivity contribution in [3.8, 4) is 5.75 Å². The third kappa shape index (κ3) is 7.15. The molecule has 35 heavy (non-hydrogen) atoms. The summed E-state index contributed by atoms with van der Waals surface area (Å²) in [5.74, 6) is 0.455. The SMILES string of the molecule is CCN1CCN(CC(=O)N2CC[C@H](Oc3ccc(F)cc3)[C@@H](CC(=O)N3CCN(C)CC3)C2)CC1. The van der Waals surface area contributed by atoms with Gasteiger partial charge in [-0.25, -0.2) is 4.39 Å². The van der Waals surface area contributed by atoms with E-state index in [4.69, 9.17) is 4.74 Å². The Morgan fingerprint density at radius 2 is 1.54 bits per heavy atom. The molecule has 0 spiro atoms. The monoisotopic (exact) mass is 489 g/mol. The number of hydrogen-bond acceptors (Lipinski definition) is 6. The van der Waals surface area contributed by atoms with Crippen molar-refractivity contribution in [1.29, 1.82) is 0 Å². The van der Waals surface area contributed by atoms with Gasteiger partial charge in [-0.15, -0.1) is 0 Å². The van der Waals surface area contributed by atoms with Crippen LogP contribution in [-0.4, -0.2) is 128 Å². The van der Waals surface area contributed by atoms with Crippen LogP contribution >= 0.6 is 0 Å². The second-order valence-electron chi connectivity index (χ2n) is 10.1. The normalized spacial score (nSPS) is 25.0. The molecule has 2 atom stereocenters. The average Bonchev–Trinajstić information content (AvgIpc) is 2.87. The summed E-state index contributed by atoms with van der Waals surface area (Å²) in [6.45, 7) is 11.8. The average molecular weight is 490 g/mol. The van der Waals surface area contributed by atoms with Crippen LogP contribution in [0, 0.1) is 11.7 Å². The summed E-state index contributed by atoms with van der Waals surface area (Å²) in [5.41, 5.74) is 0. The van der Waals surface area contributed by atoms with Gasteiger partial charge >= 0.3 is 0 Å². The molecule has 1 aromatic carbocycles. The summed E-state index contributed by atoms with van der Waals surface area (Å²) >= 11 is 0. The second kappa shape index (κ2) is 12.1. The van der Waals surface area contributed by atoms with Gasteiger partial charge in [-0.1, -0.05) is 6.92 Å². The minimum atomic E-state index is -0.306. The highest BCUT2D eigenvalue weighted by molar-refractivity contribution is 5.79. The molecule has 1 aromatic rings. The molecule has 3 saturated heterocycles. The van der Waals surface area contributed by atoms with E-state index in [1.54, 1.807) is 12.1 Å². The Morgan fingerprint density at radius 1 is 0.886 bits per heavy atom. The van der Waals surface area contributed by atoms with Crippen LogP contribution in [0.5, 0.6) is 5.75 Å². The van der Waals surface area contributed by atoms with Gasteiger partial charge in [0.1, 0.15) is 17.7 Å². The maximum Gasteiger partial charge on any atom is 0.236 e. The third-order valence-electron chi connectivity index (χ3n) is 7.68. The minimum Gasteiger partial charge on any atom is -0.490 e. The van der Waals surface area contributed by atoms with E-state index in [1.165, 1.54) is 12.1 Å². The Balaban J connectivity index is 1.38. The van der Waals surface area contributed by atoms with E-state index in [2.05, 4.69) is 28.7 Å².